The van der Waals surface area contributed by atoms with Gasteiger partial charge in [-0.2, -0.15) is 0 Å². The number of rotatable bonds is 9. The van der Waals surface area contributed by atoms with Gasteiger partial charge in [-0.25, -0.2) is 4.98 Å². The molecule has 2 aromatic heterocycles. The van der Waals surface area contributed by atoms with E-state index >= 15 is 0 Å². The summed E-state index contributed by atoms with van der Waals surface area (Å²) < 4.78 is 18.1. The average molecular weight is 516 g/mol. The Bertz CT molecular complexity index is 1480. The van der Waals surface area contributed by atoms with E-state index in [2.05, 4.69) is 15.5 Å². The van der Waals surface area contributed by atoms with Gasteiger partial charge in [-0.15, -0.1) is 0 Å². The predicted octanol–water partition coefficient (Wildman–Crippen LogP) is 3.89. The van der Waals surface area contributed by atoms with Crippen LogP contribution in [0.25, 0.3) is 5.65 Å². The van der Waals surface area contributed by atoms with Gasteiger partial charge in [0, 0.05) is 38.1 Å². The molecule has 3 heterocycles. The fourth-order valence-corrected chi connectivity index (χ4v) is 4.43. The zero-order valence-corrected chi connectivity index (χ0v) is 21.5. The lowest BCUT2D eigenvalue weighted by Gasteiger charge is -2.25. The molecule has 1 aliphatic heterocycles. The first-order valence-corrected chi connectivity index (χ1v) is 12.2. The standard InChI is InChI=1S/C28H29N5O5/c1-18-28(32(12-13-36-2)15-19-4-8-22(37-3)9-5-19)33-16-20(6-11-25(33)29-18)27(35)30-21-7-10-23-24(14-21)38-17-26(34)31-23/h4-11,14,16H,12-13,15,17H2,1-3H3,(H,30,35)(H,31,34). The molecule has 0 saturated heterocycles. The number of anilines is 3. The maximum atomic E-state index is 13.2. The van der Waals surface area contributed by atoms with Crippen LogP contribution in [0.3, 0.4) is 0 Å². The van der Waals surface area contributed by atoms with Crippen molar-refractivity contribution >= 4 is 34.7 Å². The van der Waals surface area contributed by atoms with Crippen molar-refractivity contribution in [3.63, 3.8) is 0 Å². The Hall–Kier alpha value is -4.57. The second-order valence-corrected chi connectivity index (χ2v) is 8.93. The van der Waals surface area contributed by atoms with Crippen molar-refractivity contribution in [1.29, 1.82) is 0 Å². The fraction of sp³-hybridized carbons (Fsp3) is 0.250. The number of carbonyl (C=O) groups is 2. The number of aromatic nitrogens is 2. The molecule has 0 fully saturated rings. The van der Waals surface area contributed by atoms with Crippen molar-refractivity contribution in [2.45, 2.75) is 13.5 Å². The molecule has 1 aliphatic rings. The van der Waals surface area contributed by atoms with E-state index in [-0.39, 0.29) is 18.4 Å². The Morgan fingerprint density at radius 1 is 1.16 bits per heavy atom. The van der Waals surface area contributed by atoms with Crippen LogP contribution in [0.5, 0.6) is 11.5 Å². The number of amides is 2. The topological polar surface area (TPSA) is 106 Å². The number of nitrogens with one attached hydrogen (secondary N) is 2. The molecule has 4 aromatic rings. The number of ether oxygens (including phenoxy) is 3. The number of carbonyl (C=O) groups excluding carboxylic acids is 2. The number of benzene rings is 2. The summed E-state index contributed by atoms with van der Waals surface area (Å²) in [6.07, 6.45) is 1.79. The summed E-state index contributed by atoms with van der Waals surface area (Å²) in [5.74, 6) is 1.72. The van der Waals surface area contributed by atoms with Crippen LogP contribution in [0, 0.1) is 6.92 Å². The first-order chi connectivity index (χ1) is 18.4. The third-order valence-corrected chi connectivity index (χ3v) is 6.29. The predicted molar refractivity (Wildman–Crippen MR) is 144 cm³/mol. The molecule has 196 valence electrons. The lowest BCUT2D eigenvalue weighted by Crippen LogP contribution is -2.28. The summed E-state index contributed by atoms with van der Waals surface area (Å²) in [7, 11) is 3.32. The van der Waals surface area contributed by atoms with Crippen molar-refractivity contribution in [2.75, 3.05) is 49.5 Å². The summed E-state index contributed by atoms with van der Waals surface area (Å²) in [6.45, 7) is 3.70. The second-order valence-electron chi connectivity index (χ2n) is 8.93. The number of hydrogen-bond donors (Lipinski definition) is 2. The van der Waals surface area contributed by atoms with Crippen LogP contribution in [0.1, 0.15) is 21.6 Å². The minimum Gasteiger partial charge on any atom is -0.497 e. The van der Waals surface area contributed by atoms with Gasteiger partial charge in [-0.1, -0.05) is 12.1 Å². The number of methoxy groups -OCH3 is 2. The highest BCUT2D eigenvalue weighted by Gasteiger charge is 2.20. The number of pyridine rings is 1. The first-order valence-electron chi connectivity index (χ1n) is 12.2. The van der Waals surface area contributed by atoms with Gasteiger partial charge in [-0.05, 0) is 48.9 Å². The number of nitrogens with zero attached hydrogens (tertiary/aromatic N) is 3. The normalized spacial score (nSPS) is 12.4. The van der Waals surface area contributed by atoms with Crippen molar-refractivity contribution in [1.82, 2.24) is 9.38 Å². The number of fused-ring (bicyclic) bond motifs is 2. The molecule has 5 rings (SSSR count). The Balaban J connectivity index is 1.42. The van der Waals surface area contributed by atoms with Crippen LogP contribution in [0.4, 0.5) is 17.2 Å². The smallest absolute Gasteiger partial charge is 0.262 e. The van der Waals surface area contributed by atoms with Gasteiger partial charge >= 0.3 is 0 Å². The third-order valence-electron chi connectivity index (χ3n) is 6.29. The van der Waals surface area contributed by atoms with E-state index in [0.717, 1.165) is 28.5 Å². The summed E-state index contributed by atoms with van der Waals surface area (Å²) >= 11 is 0. The summed E-state index contributed by atoms with van der Waals surface area (Å²) in [5, 5.41) is 5.66. The summed E-state index contributed by atoms with van der Waals surface area (Å²) in [4.78, 5) is 31.6. The molecule has 2 aromatic carbocycles. The average Bonchev–Trinajstić information content (AvgIpc) is 3.26. The van der Waals surface area contributed by atoms with Crippen molar-refractivity contribution in [2.24, 2.45) is 0 Å². The van der Waals surface area contributed by atoms with Gasteiger partial charge in [0.15, 0.2) is 6.61 Å². The summed E-state index contributed by atoms with van der Waals surface area (Å²) in [6, 6.07) is 16.6. The van der Waals surface area contributed by atoms with E-state index in [1.807, 2.05) is 41.7 Å². The van der Waals surface area contributed by atoms with Crippen LogP contribution >= 0.6 is 0 Å². The molecule has 0 unspecified atom stereocenters. The lowest BCUT2D eigenvalue weighted by molar-refractivity contribution is -0.118. The number of hydrogen-bond acceptors (Lipinski definition) is 7. The molecule has 0 radical (unpaired) electrons. The van der Waals surface area contributed by atoms with Crippen LogP contribution in [-0.4, -0.2) is 55.2 Å². The molecule has 0 aliphatic carbocycles. The maximum absolute atomic E-state index is 13.2. The van der Waals surface area contributed by atoms with E-state index in [1.165, 1.54) is 0 Å². The van der Waals surface area contributed by atoms with Gasteiger partial charge in [0.2, 0.25) is 0 Å². The molecule has 0 spiro atoms. The Kier molecular flexibility index (Phi) is 7.14. The Labute approximate surface area is 220 Å². The highest BCUT2D eigenvalue weighted by molar-refractivity contribution is 6.05. The lowest BCUT2D eigenvalue weighted by atomic mass is 10.2. The van der Waals surface area contributed by atoms with Crippen LogP contribution in [0.2, 0.25) is 0 Å². The van der Waals surface area contributed by atoms with Crippen LogP contribution in [-0.2, 0) is 16.1 Å². The Morgan fingerprint density at radius 3 is 2.74 bits per heavy atom. The van der Waals surface area contributed by atoms with Crippen molar-refractivity contribution in [3.05, 3.63) is 77.6 Å². The van der Waals surface area contributed by atoms with Gasteiger partial charge in [-0.3, -0.25) is 14.0 Å². The van der Waals surface area contributed by atoms with Crippen LogP contribution in [0.15, 0.2) is 60.8 Å². The molecular formula is C28H29N5O5. The molecule has 2 amide bonds. The second kappa shape index (κ2) is 10.8. The maximum Gasteiger partial charge on any atom is 0.262 e. The largest absolute Gasteiger partial charge is 0.497 e. The third kappa shape index (κ3) is 5.25. The highest BCUT2D eigenvalue weighted by atomic mass is 16.5. The Morgan fingerprint density at radius 2 is 1.97 bits per heavy atom. The molecule has 0 bridgehead atoms. The minimum absolute atomic E-state index is 0.0556. The number of aryl methyl sites for hydroxylation is 1. The molecule has 10 heteroatoms. The van der Waals surface area contributed by atoms with Gasteiger partial charge in [0.25, 0.3) is 11.8 Å². The van der Waals surface area contributed by atoms with Gasteiger partial charge < -0.3 is 29.7 Å². The summed E-state index contributed by atoms with van der Waals surface area (Å²) in [5.41, 5.74) is 4.31. The first kappa shape index (κ1) is 25.1. The van der Waals surface area contributed by atoms with Gasteiger partial charge in [0.05, 0.1) is 30.7 Å². The fourth-order valence-electron chi connectivity index (χ4n) is 4.43. The molecule has 38 heavy (non-hydrogen) atoms. The quantitative estimate of drug-likeness (QED) is 0.348. The SMILES string of the molecule is COCCN(Cc1ccc(OC)cc1)c1c(C)nc2ccc(C(=O)Nc3ccc4c(c3)OCC(=O)N4)cn12. The molecule has 2 N–H and O–H groups in total. The van der Waals surface area contributed by atoms with E-state index < -0.39 is 0 Å². The van der Waals surface area contributed by atoms with Crippen molar-refractivity contribution < 1.29 is 23.8 Å². The van der Waals surface area contributed by atoms with Crippen LogP contribution < -0.4 is 25.0 Å². The van der Waals surface area contributed by atoms with Crippen molar-refractivity contribution in [3.8, 4) is 11.5 Å². The van der Waals surface area contributed by atoms with Gasteiger partial charge in [0.1, 0.15) is 23.0 Å². The molecule has 10 nitrogen and oxygen atoms in total. The van der Waals surface area contributed by atoms with E-state index in [0.29, 0.717) is 42.4 Å². The monoisotopic (exact) mass is 515 g/mol. The zero-order valence-electron chi connectivity index (χ0n) is 21.5. The number of imidazole rings is 1. The molecular weight excluding hydrogens is 486 g/mol. The zero-order chi connectivity index (χ0) is 26.6. The molecule has 0 atom stereocenters. The van der Waals surface area contributed by atoms with E-state index in [1.54, 1.807) is 44.7 Å². The minimum atomic E-state index is -0.275. The highest BCUT2D eigenvalue weighted by Crippen LogP contribution is 2.31. The van der Waals surface area contributed by atoms with E-state index in [4.69, 9.17) is 19.2 Å². The van der Waals surface area contributed by atoms with E-state index in [9.17, 15) is 9.59 Å². The molecule has 0 saturated carbocycles.